The van der Waals surface area contributed by atoms with Crippen LogP contribution in [0.5, 0.6) is 0 Å². The molecule has 3 nitrogen and oxygen atoms in total. The highest BCUT2D eigenvalue weighted by Gasteiger charge is 2.58. The maximum absolute atomic E-state index is 11.0. The highest BCUT2D eigenvalue weighted by atomic mass is 16.1. The fourth-order valence-corrected chi connectivity index (χ4v) is 3.01. The van der Waals surface area contributed by atoms with Crippen LogP contribution in [0.3, 0.4) is 0 Å². The summed E-state index contributed by atoms with van der Waals surface area (Å²) < 4.78 is 0. The van der Waals surface area contributed by atoms with Gasteiger partial charge in [0, 0.05) is 25.6 Å². The van der Waals surface area contributed by atoms with Gasteiger partial charge in [0.25, 0.3) is 0 Å². The van der Waals surface area contributed by atoms with E-state index in [2.05, 4.69) is 29.2 Å². The molecule has 1 amide bonds. The zero-order chi connectivity index (χ0) is 11.1. The molecule has 16 heavy (non-hydrogen) atoms. The van der Waals surface area contributed by atoms with Crippen molar-refractivity contribution in [1.82, 2.24) is 4.90 Å². The minimum absolute atomic E-state index is 0.102. The zero-order valence-electron chi connectivity index (χ0n) is 9.17. The smallest absolute Gasteiger partial charge is 0.221 e. The average Bonchev–Trinajstić information content (AvgIpc) is 2.79. The van der Waals surface area contributed by atoms with Crippen molar-refractivity contribution < 1.29 is 4.79 Å². The Morgan fingerprint density at radius 1 is 1.25 bits per heavy atom. The summed E-state index contributed by atoms with van der Waals surface area (Å²) in [5.41, 5.74) is 6.68. The molecule has 1 aromatic rings. The van der Waals surface area contributed by atoms with Crippen molar-refractivity contribution in [2.75, 3.05) is 13.1 Å². The first-order chi connectivity index (χ1) is 7.75. The van der Waals surface area contributed by atoms with Gasteiger partial charge in [0.1, 0.15) is 0 Å². The van der Waals surface area contributed by atoms with Crippen LogP contribution in [-0.4, -0.2) is 23.9 Å². The quantitative estimate of drug-likeness (QED) is 0.814. The van der Waals surface area contributed by atoms with E-state index in [1.54, 1.807) is 0 Å². The molecule has 1 aliphatic carbocycles. The Morgan fingerprint density at radius 2 is 1.88 bits per heavy atom. The van der Waals surface area contributed by atoms with E-state index in [-0.39, 0.29) is 11.8 Å². The highest BCUT2D eigenvalue weighted by Crippen LogP contribution is 2.51. The third-order valence-corrected chi connectivity index (χ3v) is 3.85. The van der Waals surface area contributed by atoms with Crippen molar-refractivity contribution in [2.24, 2.45) is 23.5 Å². The fraction of sp³-hybridized carbons (Fsp3) is 0.462. The van der Waals surface area contributed by atoms with Crippen LogP contribution in [0.25, 0.3) is 0 Å². The molecular formula is C13H16N2O. The van der Waals surface area contributed by atoms with E-state index in [1.807, 2.05) is 6.07 Å². The first-order valence-electron chi connectivity index (χ1n) is 5.81. The number of rotatable bonds is 3. The predicted octanol–water partition coefficient (Wildman–Crippen LogP) is 0.850. The van der Waals surface area contributed by atoms with Crippen LogP contribution in [0.15, 0.2) is 30.3 Å². The van der Waals surface area contributed by atoms with Gasteiger partial charge in [-0.15, -0.1) is 0 Å². The van der Waals surface area contributed by atoms with Gasteiger partial charge in [0.05, 0.1) is 0 Å². The Bertz CT molecular complexity index is 392. The zero-order valence-corrected chi connectivity index (χ0v) is 9.17. The van der Waals surface area contributed by atoms with Gasteiger partial charge in [0.15, 0.2) is 0 Å². The Labute approximate surface area is 95.2 Å². The molecule has 0 bridgehead atoms. The topological polar surface area (TPSA) is 46.3 Å². The lowest BCUT2D eigenvalue weighted by Gasteiger charge is -2.18. The SMILES string of the molecule is NC(=O)[C@H]1[C@@H]2CN(Cc3ccccc3)C[C@@H]21. The van der Waals surface area contributed by atoms with Crippen molar-refractivity contribution in [2.45, 2.75) is 6.54 Å². The summed E-state index contributed by atoms with van der Waals surface area (Å²) in [5, 5.41) is 0. The van der Waals surface area contributed by atoms with E-state index in [0.717, 1.165) is 19.6 Å². The first-order valence-corrected chi connectivity index (χ1v) is 5.81. The molecule has 1 heterocycles. The summed E-state index contributed by atoms with van der Waals surface area (Å²) in [6, 6.07) is 10.5. The summed E-state index contributed by atoms with van der Waals surface area (Å²) >= 11 is 0. The molecule has 1 aromatic carbocycles. The standard InChI is InChI=1S/C13H16N2O/c14-13(16)12-10-7-15(8-11(10)12)6-9-4-2-1-3-5-9/h1-5,10-12H,6-8H2,(H2,14,16)/t10-,11+,12+. The van der Waals surface area contributed by atoms with E-state index in [1.165, 1.54) is 5.56 Å². The van der Waals surface area contributed by atoms with Gasteiger partial charge >= 0.3 is 0 Å². The van der Waals surface area contributed by atoms with Gasteiger partial charge in [-0.2, -0.15) is 0 Å². The maximum Gasteiger partial charge on any atom is 0.221 e. The van der Waals surface area contributed by atoms with Crippen molar-refractivity contribution in [3.8, 4) is 0 Å². The molecular weight excluding hydrogens is 200 g/mol. The number of nitrogens with zero attached hydrogens (tertiary/aromatic N) is 1. The van der Waals surface area contributed by atoms with E-state index in [4.69, 9.17) is 5.73 Å². The van der Waals surface area contributed by atoms with Crippen LogP contribution >= 0.6 is 0 Å². The molecule has 3 atom stereocenters. The van der Waals surface area contributed by atoms with Gasteiger partial charge in [0.2, 0.25) is 5.91 Å². The number of nitrogens with two attached hydrogens (primary N) is 1. The lowest BCUT2D eigenvalue weighted by atomic mass is 10.2. The number of amides is 1. The van der Waals surface area contributed by atoms with Gasteiger partial charge in [-0.1, -0.05) is 30.3 Å². The molecule has 3 heteroatoms. The van der Waals surface area contributed by atoms with Crippen LogP contribution in [-0.2, 0) is 11.3 Å². The monoisotopic (exact) mass is 216 g/mol. The van der Waals surface area contributed by atoms with Crippen molar-refractivity contribution in [3.63, 3.8) is 0 Å². The average molecular weight is 216 g/mol. The van der Waals surface area contributed by atoms with Crippen LogP contribution in [0, 0.1) is 17.8 Å². The molecule has 2 fully saturated rings. The summed E-state index contributed by atoms with van der Waals surface area (Å²) in [5.74, 6) is 1.16. The molecule has 0 unspecified atom stereocenters. The number of primary amides is 1. The van der Waals surface area contributed by atoms with Gasteiger partial charge in [-0.3, -0.25) is 9.69 Å². The molecule has 1 saturated carbocycles. The molecule has 3 rings (SSSR count). The van der Waals surface area contributed by atoms with Gasteiger partial charge in [-0.25, -0.2) is 0 Å². The maximum atomic E-state index is 11.0. The van der Waals surface area contributed by atoms with Crippen molar-refractivity contribution >= 4 is 5.91 Å². The van der Waals surface area contributed by atoms with Crippen LogP contribution in [0.1, 0.15) is 5.56 Å². The number of carbonyl (C=O) groups excluding carboxylic acids is 1. The van der Waals surface area contributed by atoms with Crippen molar-refractivity contribution in [1.29, 1.82) is 0 Å². The minimum Gasteiger partial charge on any atom is -0.369 e. The highest BCUT2D eigenvalue weighted by molar-refractivity contribution is 5.80. The van der Waals surface area contributed by atoms with E-state index >= 15 is 0 Å². The Hall–Kier alpha value is -1.35. The Balaban J connectivity index is 1.57. The summed E-state index contributed by atoms with van der Waals surface area (Å²) in [6.07, 6.45) is 0. The fourth-order valence-electron chi connectivity index (χ4n) is 3.01. The van der Waals surface area contributed by atoms with Crippen LogP contribution in [0.2, 0.25) is 0 Å². The normalized spacial score (nSPS) is 32.4. The van der Waals surface area contributed by atoms with Gasteiger partial charge < -0.3 is 5.73 Å². The summed E-state index contributed by atoms with van der Waals surface area (Å²) in [4.78, 5) is 13.5. The third kappa shape index (κ3) is 1.61. The first kappa shape index (κ1) is 9.85. The molecule has 1 saturated heterocycles. The number of likely N-dealkylation sites (tertiary alicyclic amines) is 1. The Kier molecular flexibility index (Phi) is 2.21. The second-order valence-electron chi connectivity index (χ2n) is 4.94. The number of benzene rings is 1. The van der Waals surface area contributed by atoms with E-state index in [0.29, 0.717) is 11.8 Å². The molecule has 0 radical (unpaired) electrons. The lowest BCUT2D eigenvalue weighted by molar-refractivity contribution is -0.120. The summed E-state index contributed by atoms with van der Waals surface area (Å²) in [6.45, 7) is 3.07. The largest absolute Gasteiger partial charge is 0.369 e. The molecule has 2 aliphatic rings. The van der Waals surface area contributed by atoms with Crippen LogP contribution in [0.4, 0.5) is 0 Å². The third-order valence-electron chi connectivity index (χ3n) is 3.85. The molecule has 84 valence electrons. The minimum atomic E-state index is -0.102. The second kappa shape index (κ2) is 3.59. The molecule has 0 spiro atoms. The van der Waals surface area contributed by atoms with E-state index < -0.39 is 0 Å². The summed E-state index contributed by atoms with van der Waals surface area (Å²) in [7, 11) is 0. The van der Waals surface area contributed by atoms with Crippen molar-refractivity contribution in [3.05, 3.63) is 35.9 Å². The number of fused-ring (bicyclic) bond motifs is 1. The number of hydrogen-bond acceptors (Lipinski definition) is 2. The number of piperidine rings is 1. The van der Waals surface area contributed by atoms with E-state index in [9.17, 15) is 4.79 Å². The molecule has 2 N–H and O–H groups in total. The molecule has 1 aliphatic heterocycles. The molecule has 0 aromatic heterocycles. The Morgan fingerprint density at radius 3 is 2.44 bits per heavy atom. The predicted molar refractivity (Wildman–Crippen MR) is 61.4 cm³/mol. The van der Waals surface area contributed by atoms with Crippen LogP contribution < -0.4 is 5.73 Å². The van der Waals surface area contributed by atoms with Gasteiger partial charge in [-0.05, 0) is 17.4 Å². The second-order valence-corrected chi connectivity index (χ2v) is 4.94. The lowest BCUT2D eigenvalue weighted by Crippen LogP contribution is -2.28. The number of hydrogen-bond donors (Lipinski definition) is 1. The number of carbonyl (C=O) groups is 1.